The third-order valence-corrected chi connectivity index (χ3v) is 6.50. The van der Waals surface area contributed by atoms with E-state index in [1.54, 1.807) is 17.6 Å². The number of fused-ring (bicyclic) bond motifs is 2. The van der Waals surface area contributed by atoms with Crippen LogP contribution in [0.25, 0.3) is 6.08 Å². The molecule has 0 saturated carbocycles. The van der Waals surface area contributed by atoms with Crippen molar-refractivity contribution in [3.8, 4) is 11.5 Å². The second-order valence-corrected chi connectivity index (χ2v) is 8.61. The summed E-state index contributed by atoms with van der Waals surface area (Å²) in [6.45, 7) is 3.94. The van der Waals surface area contributed by atoms with Crippen LogP contribution in [-0.2, 0) is 9.53 Å². The maximum atomic E-state index is 13.5. The van der Waals surface area contributed by atoms with Gasteiger partial charge in [-0.1, -0.05) is 47.2 Å². The Hall–Kier alpha value is -3.65. The molecule has 7 nitrogen and oxygen atoms in total. The quantitative estimate of drug-likeness (QED) is 0.575. The molecule has 2 aromatic carbocycles. The summed E-state index contributed by atoms with van der Waals surface area (Å²) in [4.78, 5) is 31.3. The smallest absolute Gasteiger partial charge is 0.338 e. The maximum Gasteiger partial charge on any atom is 0.338 e. The summed E-state index contributed by atoms with van der Waals surface area (Å²) < 4.78 is 17.9. The van der Waals surface area contributed by atoms with Gasteiger partial charge in [-0.15, -0.1) is 0 Å². The fourth-order valence-electron chi connectivity index (χ4n) is 3.91. The van der Waals surface area contributed by atoms with Gasteiger partial charge in [0.2, 0.25) is 6.79 Å². The molecule has 0 saturated heterocycles. The normalized spacial score (nSPS) is 17.2. The zero-order valence-electron chi connectivity index (χ0n) is 17.7. The van der Waals surface area contributed by atoms with E-state index < -0.39 is 12.0 Å². The molecule has 3 heterocycles. The van der Waals surface area contributed by atoms with Gasteiger partial charge in [0.05, 0.1) is 29.0 Å². The van der Waals surface area contributed by atoms with E-state index in [9.17, 15) is 9.59 Å². The molecule has 0 amide bonds. The standard InChI is InChI=1S/C24H20N2O5S/c1-13-4-7-16(8-5-13)21-20(23(28)29-3)14(2)25-24-26(21)22(27)19(32-24)11-15-6-9-17-18(10-15)31-12-30-17/h4-11,21H,12H2,1-3H3/b19-11-/t21-/m1/s1. The summed E-state index contributed by atoms with van der Waals surface area (Å²) in [5.41, 5.74) is 3.41. The Kier molecular flexibility index (Phi) is 4.94. The van der Waals surface area contributed by atoms with Crippen LogP contribution in [0.5, 0.6) is 11.5 Å². The molecule has 0 fully saturated rings. The topological polar surface area (TPSA) is 79.1 Å². The van der Waals surface area contributed by atoms with Gasteiger partial charge < -0.3 is 14.2 Å². The van der Waals surface area contributed by atoms with Crippen molar-refractivity contribution in [2.24, 2.45) is 4.99 Å². The number of aromatic nitrogens is 1. The van der Waals surface area contributed by atoms with Crippen molar-refractivity contribution in [3.63, 3.8) is 0 Å². The van der Waals surface area contributed by atoms with Gasteiger partial charge in [0.25, 0.3) is 5.56 Å². The van der Waals surface area contributed by atoms with E-state index in [2.05, 4.69) is 4.99 Å². The lowest BCUT2D eigenvalue weighted by molar-refractivity contribution is -0.136. The number of aryl methyl sites for hydroxylation is 1. The van der Waals surface area contributed by atoms with E-state index in [1.165, 1.54) is 18.4 Å². The monoisotopic (exact) mass is 448 g/mol. The zero-order chi connectivity index (χ0) is 22.4. The Morgan fingerprint density at radius 3 is 2.66 bits per heavy atom. The molecular formula is C24H20N2O5S. The van der Waals surface area contributed by atoms with Crippen LogP contribution in [0.15, 0.2) is 63.5 Å². The zero-order valence-corrected chi connectivity index (χ0v) is 18.6. The van der Waals surface area contributed by atoms with Gasteiger partial charge in [0.1, 0.15) is 0 Å². The Labute approximate surface area is 187 Å². The highest BCUT2D eigenvalue weighted by atomic mass is 32.1. The number of carbonyl (C=O) groups excluding carboxylic acids is 1. The van der Waals surface area contributed by atoms with Crippen molar-refractivity contribution in [1.82, 2.24) is 4.57 Å². The molecule has 5 rings (SSSR count). The third kappa shape index (κ3) is 3.33. The van der Waals surface area contributed by atoms with Crippen LogP contribution in [-0.4, -0.2) is 24.4 Å². The maximum absolute atomic E-state index is 13.5. The van der Waals surface area contributed by atoms with Crippen molar-refractivity contribution >= 4 is 23.4 Å². The lowest BCUT2D eigenvalue weighted by Crippen LogP contribution is -2.39. The van der Waals surface area contributed by atoms with E-state index in [4.69, 9.17) is 14.2 Å². The summed E-state index contributed by atoms with van der Waals surface area (Å²) in [7, 11) is 1.33. The summed E-state index contributed by atoms with van der Waals surface area (Å²) in [6.07, 6.45) is 1.80. The molecule has 32 heavy (non-hydrogen) atoms. The van der Waals surface area contributed by atoms with Crippen molar-refractivity contribution in [3.05, 3.63) is 90.1 Å². The van der Waals surface area contributed by atoms with Crippen LogP contribution in [0.4, 0.5) is 0 Å². The number of hydrogen-bond donors (Lipinski definition) is 0. The average Bonchev–Trinajstić information content (AvgIpc) is 3.37. The molecule has 0 N–H and O–H groups in total. The SMILES string of the molecule is COC(=O)C1=C(C)N=c2s/c(=C\c3ccc4c(c3)OCO4)c(=O)n2[C@@H]1c1ccc(C)cc1. The highest BCUT2D eigenvalue weighted by molar-refractivity contribution is 7.07. The Balaban J connectivity index is 1.70. The van der Waals surface area contributed by atoms with Crippen LogP contribution in [0, 0.1) is 6.92 Å². The average molecular weight is 449 g/mol. The van der Waals surface area contributed by atoms with Gasteiger partial charge >= 0.3 is 5.97 Å². The molecule has 8 heteroatoms. The summed E-state index contributed by atoms with van der Waals surface area (Å²) in [6, 6.07) is 12.7. The Morgan fingerprint density at radius 2 is 1.91 bits per heavy atom. The lowest BCUT2D eigenvalue weighted by atomic mass is 9.95. The number of nitrogens with zero attached hydrogens (tertiary/aromatic N) is 2. The Bertz CT molecular complexity index is 1450. The van der Waals surface area contributed by atoms with Crippen LogP contribution in [0.2, 0.25) is 0 Å². The molecular weight excluding hydrogens is 428 g/mol. The van der Waals surface area contributed by atoms with E-state index >= 15 is 0 Å². The van der Waals surface area contributed by atoms with Crippen LogP contribution in [0.1, 0.15) is 29.7 Å². The Morgan fingerprint density at radius 1 is 1.16 bits per heavy atom. The van der Waals surface area contributed by atoms with E-state index in [-0.39, 0.29) is 12.4 Å². The largest absolute Gasteiger partial charge is 0.466 e. The summed E-state index contributed by atoms with van der Waals surface area (Å²) >= 11 is 1.29. The summed E-state index contributed by atoms with van der Waals surface area (Å²) in [5, 5.41) is 0. The molecule has 2 aliphatic heterocycles. The lowest BCUT2D eigenvalue weighted by Gasteiger charge is -2.24. The number of methoxy groups -OCH3 is 1. The highest BCUT2D eigenvalue weighted by Crippen LogP contribution is 2.33. The fraction of sp³-hybridized carbons (Fsp3) is 0.208. The third-order valence-electron chi connectivity index (χ3n) is 5.51. The van der Waals surface area contributed by atoms with Crippen molar-refractivity contribution in [2.45, 2.75) is 19.9 Å². The second kappa shape index (κ2) is 7.80. The van der Waals surface area contributed by atoms with Gasteiger partial charge in [-0.2, -0.15) is 0 Å². The van der Waals surface area contributed by atoms with Gasteiger partial charge in [-0.3, -0.25) is 9.36 Å². The van der Waals surface area contributed by atoms with Crippen LogP contribution >= 0.6 is 11.3 Å². The first-order valence-corrected chi connectivity index (χ1v) is 10.8. The molecule has 0 aliphatic carbocycles. The number of thiazole rings is 1. The van der Waals surface area contributed by atoms with Gasteiger partial charge in [0.15, 0.2) is 16.3 Å². The molecule has 3 aromatic rings. The van der Waals surface area contributed by atoms with E-state index in [0.717, 1.165) is 16.7 Å². The number of carbonyl (C=O) groups is 1. The second-order valence-electron chi connectivity index (χ2n) is 7.60. The van der Waals surface area contributed by atoms with E-state index in [1.807, 2.05) is 49.4 Å². The van der Waals surface area contributed by atoms with Gasteiger partial charge in [-0.25, -0.2) is 9.79 Å². The molecule has 0 bridgehead atoms. The van der Waals surface area contributed by atoms with Crippen molar-refractivity contribution in [1.29, 1.82) is 0 Å². The fourth-order valence-corrected chi connectivity index (χ4v) is 4.96. The molecule has 0 unspecified atom stereocenters. The molecule has 1 aromatic heterocycles. The van der Waals surface area contributed by atoms with Gasteiger partial charge in [-0.05, 0) is 43.2 Å². The number of ether oxygens (including phenoxy) is 3. The minimum absolute atomic E-state index is 0.188. The van der Waals surface area contributed by atoms with E-state index in [0.29, 0.717) is 32.1 Å². The first-order valence-electron chi connectivity index (χ1n) is 10.0. The van der Waals surface area contributed by atoms with Crippen molar-refractivity contribution in [2.75, 3.05) is 13.9 Å². The minimum atomic E-state index is -0.613. The number of rotatable bonds is 3. The predicted octanol–water partition coefficient (Wildman–Crippen LogP) is 2.45. The molecule has 1 atom stereocenters. The van der Waals surface area contributed by atoms with Crippen LogP contribution in [0.3, 0.4) is 0 Å². The number of hydrogen-bond acceptors (Lipinski definition) is 7. The minimum Gasteiger partial charge on any atom is -0.466 e. The number of esters is 1. The van der Waals surface area contributed by atoms with Crippen LogP contribution < -0.4 is 24.4 Å². The number of allylic oxidation sites excluding steroid dienone is 1. The molecule has 2 aliphatic rings. The molecule has 0 radical (unpaired) electrons. The number of benzene rings is 2. The first-order chi connectivity index (χ1) is 15.5. The highest BCUT2D eigenvalue weighted by Gasteiger charge is 2.33. The van der Waals surface area contributed by atoms with Crippen molar-refractivity contribution < 1.29 is 19.0 Å². The first kappa shape index (κ1) is 20.3. The molecule has 162 valence electrons. The predicted molar refractivity (Wildman–Crippen MR) is 120 cm³/mol. The molecule has 0 spiro atoms. The van der Waals surface area contributed by atoms with Gasteiger partial charge in [0, 0.05) is 0 Å². The summed E-state index contributed by atoms with van der Waals surface area (Å²) in [5.74, 6) is 0.830.